The summed E-state index contributed by atoms with van der Waals surface area (Å²) in [5.74, 6) is -0.0785. The van der Waals surface area contributed by atoms with Gasteiger partial charge in [-0.3, -0.25) is 14.6 Å². The van der Waals surface area contributed by atoms with E-state index in [4.69, 9.17) is 0 Å². The second kappa shape index (κ2) is 11.1. The van der Waals surface area contributed by atoms with Crippen molar-refractivity contribution >= 4 is 5.91 Å². The van der Waals surface area contributed by atoms with Crippen LogP contribution >= 0.6 is 0 Å². The molecule has 35 heavy (non-hydrogen) atoms. The Morgan fingerprint density at radius 1 is 0.829 bits per heavy atom. The Labute approximate surface area is 207 Å². The zero-order valence-electron chi connectivity index (χ0n) is 20.3. The van der Waals surface area contributed by atoms with Crippen LogP contribution in [0.15, 0.2) is 72.8 Å². The Morgan fingerprint density at radius 2 is 1.49 bits per heavy atom. The number of hydrogen-bond acceptors (Lipinski definition) is 3. The summed E-state index contributed by atoms with van der Waals surface area (Å²) in [5.41, 5.74) is 6.44. The molecule has 182 valence electrons. The van der Waals surface area contributed by atoms with Gasteiger partial charge in [0, 0.05) is 39.3 Å². The van der Waals surface area contributed by atoms with Gasteiger partial charge in [0.25, 0.3) is 0 Å². The van der Waals surface area contributed by atoms with Crippen molar-refractivity contribution in [2.24, 2.45) is 5.92 Å². The van der Waals surface area contributed by atoms with E-state index in [0.717, 1.165) is 69.7 Å². The van der Waals surface area contributed by atoms with Crippen molar-refractivity contribution in [2.45, 2.75) is 45.4 Å². The summed E-state index contributed by atoms with van der Waals surface area (Å²) in [6, 6.07) is 24.0. The summed E-state index contributed by atoms with van der Waals surface area (Å²) in [5, 5.41) is 3.15. The maximum atomic E-state index is 13.2. The molecular weight excluding hydrogens is 437 g/mol. The molecule has 2 heterocycles. The van der Waals surface area contributed by atoms with Crippen molar-refractivity contribution in [2.75, 3.05) is 19.6 Å². The minimum absolute atomic E-state index is 0.00505. The van der Waals surface area contributed by atoms with Crippen molar-refractivity contribution in [3.8, 4) is 0 Å². The Bertz CT molecular complexity index is 1130. The molecule has 0 bridgehead atoms. The Morgan fingerprint density at radius 3 is 2.26 bits per heavy atom. The smallest absolute Gasteiger partial charge is 0.224 e. The average molecular weight is 472 g/mol. The lowest BCUT2D eigenvalue weighted by molar-refractivity contribution is -0.126. The van der Waals surface area contributed by atoms with E-state index in [0.29, 0.717) is 6.54 Å². The fourth-order valence-electron chi connectivity index (χ4n) is 5.30. The van der Waals surface area contributed by atoms with Crippen LogP contribution in [-0.2, 0) is 37.4 Å². The maximum Gasteiger partial charge on any atom is 0.224 e. The summed E-state index contributed by atoms with van der Waals surface area (Å²) in [6.45, 7) is 6.10. The predicted octanol–water partition coefficient (Wildman–Crippen LogP) is 4.91. The number of halogens is 1. The van der Waals surface area contributed by atoms with Gasteiger partial charge in [0.2, 0.25) is 5.91 Å². The third-order valence-corrected chi connectivity index (χ3v) is 7.30. The van der Waals surface area contributed by atoms with Gasteiger partial charge in [-0.15, -0.1) is 0 Å². The molecule has 1 unspecified atom stereocenters. The molecule has 0 aliphatic carbocycles. The van der Waals surface area contributed by atoms with Crippen LogP contribution in [0.2, 0.25) is 0 Å². The number of fused-ring (bicyclic) bond motifs is 1. The largest absolute Gasteiger partial charge is 0.352 e. The molecule has 1 N–H and O–H groups in total. The first-order chi connectivity index (χ1) is 17.1. The minimum Gasteiger partial charge on any atom is -0.352 e. The van der Waals surface area contributed by atoms with E-state index < -0.39 is 0 Å². The molecule has 4 nitrogen and oxygen atoms in total. The summed E-state index contributed by atoms with van der Waals surface area (Å²) in [4.78, 5) is 17.7. The van der Waals surface area contributed by atoms with Gasteiger partial charge >= 0.3 is 0 Å². The molecule has 0 aromatic heterocycles. The SMILES string of the molecule is O=C(NCc1ccc(CN2CCc3ccccc3C2)cc1)C1CCCN(Cc2ccc(F)cc2)C1. The molecule has 1 saturated heterocycles. The van der Waals surface area contributed by atoms with E-state index >= 15 is 0 Å². The summed E-state index contributed by atoms with van der Waals surface area (Å²) < 4.78 is 13.2. The van der Waals surface area contributed by atoms with Crippen LogP contribution in [0.3, 0.4) is 0 Å². The van der Waals surface area contributed by atoms with Crippen LogP contribution in [-0.4, -0.2) is 35.3 Å². The summed E-state index contributed by atoms with van der Waals surface area (Å²) in [6.07, 6.45) is 3.04. The summed E-state index contributed by atoms with van der Waals surface area (Å²) >= 11 is 0. The van der Waals surface area contributed by atoms with Gasteiger partial charge < -0.3 is 5.32 Å². The highest BCUT2D eigenvalue weighted by Gasteiger charge is 2.25. The zero-order valence-corrected chi connectivity index (χ0v) is 20.3. The number of carbonyl (C=O) groups excluding carboxylic acids is 1. The van der Waals surface area contributed by atoms with Gasteiger partial charge in [-0.05, 0) is 65.8 Å². The first kappa shape index (κ1) is 23.7. The number of benzene rings is 3. The molecule has 1 fully saturated rings. The van der Waals surface area contributed by atoms with E-state index in [9.17, 15) is 9.18 Å². The lowest BCUT2D eigenvalue weighted by atomic mass is 9.96. The molecule has 2 aliphatic heterocycles. The zero-order chi connectivity index (χ0) is 24.0. The highest BCUT2D eigenvalue weighted by atomic mass is 19.1. The van der Waals surface area contributed by atoms with Crippen molar-refractivity contribution in [1.29, 1.82) is 0 Å². The number of hydrogen-bond donors (Lipinski definition) is 1. The number of amides is 1. The third-order valence-electron chi connectivity index (χ3n) is 7.30. The van der Waals surface area contributed by atoms with Gasteiger partial charge in [0.15, 0.2) is 0 Å². The quantitative estimate of drug-likeness (QED) is 0.532. The maximum absolute atomic E-state index is 13.2. The predicted molar refractivity (Wildman–Crippen MR) is 137 cm³/mol. The molecule has 0 radical (unpaired) electrons. The van der Waals surface area contributed by atoms with Crippen LogP contribution in [0, 0.1) is 11.7 Å². The molecular formula is C30H34FN3O. The second-order valence-corrected chi connectivity index (χ2v) is 9.96. The Balaban J connectivity index is 1.08. The average Bonchev–Trinajstić information content (AvgIpc) is 2.89. The summed E-state index contributed by atoms with van der Waals surface area (Å²) in [7, 11) is 0. The fraction of sp³-hybridized carbons (Fsp3) is 0.367. The number of nitrogens with zero attached hydrogens (tertiary/aromatic N) is 2. The molecule has 0 saturated carbocycles. The molecule has 2 aliphatic rings. The lowest BCUT2D eigenvalue weighted by Crippen LogP contribution is -2.42. The third kappa shape index (κ3) is 6.36. The number of carbonyl (C=O) groups is 1. The van der Waals surface area contributed by atoms with E-state index in [-0.39, 0.29) is 17.6 Å². The molecule has 1 amide bonds. The van der Waals surface area contributed by atoms with Crippen LogP contribution in [0.25, 0.3) is 0 Å². The first-order valence-electron chi connectivity index (χ1n) is 12.7. The van der Waals surface area contributed by atoms with Crippen LogP contribution in [0.4, 0.5) is 4.39 Å². The van der Waals surface area contributed by atoms with Gasteiger partial charge in [0.1, 0.15) is 5.82 Å². The normalized spacial score (nSPS) is 18.7. The number of rotatable bonds is 7. The van der Waals surface area contributed by atoms with Crippen LogP contribution in [0.5, 0.6) is 0 Å². The molecule has 1 atom stereocenters. The highest BCUT2D eigenvalue weighted by molar-refractivity contribution is 5.79. The lowest BCUT2D eigenvalue weighted by Gasteiger charge is -2.32. The monoisotopic (exact) mass is 471 g/mol. The molecule has 0 spiro atoms. The standard InChI is InChI=1S/C30H34FN3O/c31-29-13-11-25(12-14-29)19-33-16-3-6-28(22-33)30(35)32-18-23-7-9-24(10-8-23)20-34-17-15-26-4-1-2-5-27(26)21-34/h1-2,4-5,7-14,28H,3,6,15-22H2,(H,32,35). The first-order valence-corrected chi connectivity index (χ1v) is 12.7. The van der Waals surface area contributed by atoms with Gasteiger partial charge in [0.05, 0.1) is 5.92 Å². The van der Waals surface area contributed by atoms with Crippen molar-refractivity contribution in [3.63, 3.8) is 0 Å². The highest BCUT2D eigenvalue weighted by Crippen LogP contribution is 2.21. The fourth-order valence-corrected chi connectivity index (χ4v) is 5.30. The minimum atomic E-state index is -0.213. The topological polar surface area (TPSA) is 35.6 Å². The van der Waals surface area contributed by atoms with Gasteiger partial charge in [-0.2, -0.15) is 0 Å². The molecule has 5 rings (SSSR count). The van der Waals surface area contributed by atoms with Crippen molar-refractivity contribution in [3.05, 3.63) is 106 Å². The van der Waals surface area contributed by atoms with Crippen LogP contribution < -0.4 is 5.32 Å². The molecule has 5 heteroatoms. The molecule has 3 aromatic rings. The Kier molecular flexibility index (Phi) is 7.55. The van der Waals surface area contributed by atoms with E-state index in [1.165, 1.54) is 28.8 Å². The Hall–Kier alpha value is -3.02. The van der Waals surface area contributed by atoms with Crippen molar-refractivity contribution < 1.29 is 9.18 Å². The van der Waals surface area contributed by atoms with E-state index in [1.807, 2.05) is 12.1 Å². The van der Waals surface area contributed by atoms with E-state index in [2.05, 4.69) is 63.6 Å². The molecule has 3 aromatic carbocycles. The van der Waals surface area contributed by atoms with Gasteiger partial charge in [-0.1, -0.05) is 60.7 Å². The number of nitrogens with one attached hydrogen (secondary N) is 1. The van der Waals surface area contributed by atoms with Gasteiger partial charge in [-0.25, -0.2) is 4.39 Å². The number of piperidine rings is 1. The van der Waals surface area contributed by atoms with Crippen molar-refractivity contribution in [1.82, 2.24) is 15.1 Å². The van der Waals surface area contributed by atoms with Crippen LogP contribution in [0.1, 0.15) is 40.7 Å². The second-order valence-electron chi connectivity index (χ2n) is 9.96. The van der Waals surface area contributed by atoms with E-state index in [1.54, 1.807) is 0 Å². The number of likely N-dealkylation sites (tertiary alicyclic amines) is 1.